The average Bonchev–Trinajstić information content (AvgIpc) is 3.08. The Kier molecular flexibility index (Phi) is 6.23. The van der Waals surface area contributed by atoms with Gasteiger partial charge in [-0.25, -0.2) is 0 Å². The zero-order valence-electron chi connectivity index (χ0n) is 13.0. The van der Waals surface area contributed by atoms with Gasteiger partial charge in [-0.3, -0.25) is 9.59 Å². The highest BCUT2D eigenvalue weighted by molar-refractivity contribution is 8.01. The van der Waals surface area contributed by atoms with Crippen molar-refractivity contribution in [3.63, 3.8) is 0 Å². The Morgan fingerprint density at radius 2 is 2.17 bits per heavy atom. The fourth-order valence-electron chi connectivity index (χ4n) is 2.30. The first-order valence-corrected chi connectivity index (χ1v) is 10.6. The van der Waals surface area contributed by atoms with E-state index in [9.17, 15) is 9.59 Å². The molecule has 0 saturated heterocycles. The Bertz CT molecular complexity index is 704. The second-order valence-electron chi connectivity index (χ2n) is 5.33. The first kappa shape index (κ1) is 17.4. The van der Waals surface area contributed by atoms with Crippen molar-refractivity contribution in [3.8, 4) is 0 Å². The molecule has 0 bridgehead atoms. The number of nitrogens with one attached hydrogen (secondary N) is 2. The van der Waals surface area contributed by atoms with Crippen LogP contribution in [-0.2, 0) is 15.3 Å². The molecule has 1 aromatic carbocycles. The number of fused-ring (bicyclic) bond motifs is 1. The van der Waals surface area contributed by atoms with Gasteiger partial charge in [-0.2, -0.15) is 23.1 Å². The average molecular weight is 379 g/mol. The van der Waals surface area contributed by atoms with E-state index in [0.717, 1.165) is 22.1 Å². The van der Waals surface area contributed by atoms with Gasteiger partial charge >= 0.3 is 0 Å². The molecule has 1 aliphatic heterocycles. The Hall–Kier alpha value is -1.44. The maximum atomic E-state index is 12.1. The number of anilines is 1. The number of thioether (sulfide) groups is 2. The van der Waals surface area contributed by atoms with Crippen molar-refractivity contribution in [2.75, 3.05) is 17.6 Å². The zero-order valence-corrected chi connectivity index (χ0v) is 15.4. The second kappa shape index (κ2) is 8.60. The number of benzene rings is 1. The summed E-state index contributed by atoms with van der Waals surface area (Å²) >= 11 is 4.96. The molecule has 2 amide bonds. The van der Waals surface area contributed by atoms with Crippen LogP contribution in [0, 0.1) is 0 Å². The third kappa shape index (κ3) is 4.78. The molecule has 0 saturated carbocycles. The van der Waals surface area contributed by atoms with Gasteiger partial charge in [0.05, 0.1) is 10.9 Å². The molecule has 2 aromatic rings. The smallest absolute Gasteiger partial charge is 0.238 e. The Labute approximate surface area is 153 Å². The predicted octanol–water partition coefficient (Wildman–Crippen LogP) is 3.60. The van der Waals surface area contributed by atoms with E-state index in [0.29, 0.717) is 6.54 Å². The molecule has 4 nitrogen and oxygen atoms in total. The van der Waals surface area contributed by atoms with Gasteiger partial charge in [0.15, 0.2) is 0 Å². The van der Waals surface area contributed by atoms with Crippen LogP contribution in [0.15, 0.2) is 46.0 Å². The molecule has 0 fully saturated rings. The summed E-state index contributed by atoms with van der Waals surface area (Å²) in [6.07, 6.45) is 0.208. The summed E-state index contributed by atoms with van der Waals surface area (Å²) < 4.78 is 0. The van der Waals surface area contributed by atoms with Gasteiger partial charge in [0.1, 0.15) is 0 Å². The van der Waals surface area contributed by atoms with Crippen molar-refractivity contribution < 1.29 is 9.59 Å². The molecule has 126 valence electrons. The van der Waals surface area contributed by atoms with E-state index < -0.39 is 0 Å². The number of hydrogen-bond donors (Lipinski definition) is 2. The molecular formula is C17H18N2O2S3. The van der Waals surface area contributed by atoms with E-state index in [-0.39, 0.29) is 23.5 Å². The van der Waals surface area contributed by atoms with Crippen LogP contribution in [0.5, 0.6) is 0 Å². The van der Waals surface area contributed by atoms with Crippen molar-refractivity contribution >= 4 is 52.4 Å². The van der Waals surface area contributed by atoms with Crippen LogP contribution in [-0.4, -0.2) is 29.4 Å². The normalized spacial score (nSPS) is 16.3. The topological polar surface area (TPSA) is 58.2 Å². The standard InChI is InChI=1S/C17H18N2O2S3/c20-16(18-6-8-23-11-12-5-7-22-10-12)9-15-17(21)19-13-3-1-2-4-14(13)24-15/h1-5,7,10,15H,6,8-9,11H2,(H,18,20)(H,19,21). The first-order chi connectivity index (χ1) is 11.7. The van der Waals surface area contributed by atoms with Crippen LogP contribution in [0.4, 0.5) is 5.69 Å². The molecule has 2 heterocycles. The SMILES string of the molecule is O=C(CC1Sc2ccccc2NC1=O)NCCSCc1ccsc1. The number of hydrogen-bond acceptors (Lipinski definition) is 5. The van der Waals surface area contributed by atoms with Crippen LogP contribution in [0.3, 0.4) is 0 Å². The Balaban J connectivity index is 1.38. The number of thiophene rings is 1. The summed E-state index contributed by atoms with van der Waals surface area (Å²) in [4.78, 5) is 25.1. The van der Waals surface area contributed by atoms with Crippen LogP contribution in [0.1, 0.15) is 12.0 Å². The van der Waals surface area contributed by atoms with E-state index >= 15 is 0 Å². The van der Waals surface area contributed by atoms with Crippen molar-refractivity contribution in [2.24, 2.45) is 0 Å². The lowest BCUT2D eigenvalue weighted by atomic mass is 10.2. The highest BCUT2D eigenvalue weighted by Gasteiger charge is 2.28. The van der Waals surface area contributed by atoms with Gasteiger partial charge in [0.2, 0.25) is 11.8 Å². The number of rotatable bonds is 7. The van der Waals surface area contributed by atoms with Gasteiger partial charge in [-0.05, 0) is 34.5 Å². The molecule has 0 aliphatic carbocycles. The number of para-hydroxylation sites is 1. The third-order valence-electron chi connectivity index (χ3n) is 3.49. The highest BCUT2D eigenvalue weighted by Crippen LogP contribution is 2.36. The fraction of sp³-hybridized carbons (Fsp3) is 0.294. The Morgan fingerprint density at radius 1 is 1.29 bits per heavy atom. The van der Waals surface area contributed by atoms with Gasteiger partial charge in [-0.1, -0.05) is 12.1 Å². The molecule has 1 aliphatic rings. The number of carbonyl (C=O) groups excluding carboxylic acids is 2. The van der Waals surface area contributed by atoms with Crippen LogP contribution < -0.4 is 10.6 Å². The molecular weight excluding hydrogens is 360 g/mol. The lowest BCUT2D eigenvalue weighted by Gasteiger charge is -2.23. The first-order valence-electron chi connectivity index (χ1n) is 7.64. The van der Waals surface area contributed by atoms with Crippen LogP contribution >= 0.6 is 34.9 Å². The molecule has 3 rings (SSSR count). The van der Waals surface area contributed by atoms with Crippen LogP contribution in [0.25, 0.3) is 0 Å². The summed E-state index contributed by atoms with van der Waals surface area (Å²) in [6, 6.07) is 9.78. The third-order valence-corrected chi connectivity index (χ3v) is 6.53. The zero-order chi connectivity index (χ0) is 16.8. The Morgan fingerprint density at radius 3 is 3.00 bits per heavy atom. The molecule has 7 heteroatoms. The van der Waals surface area contributed by atoms with Crippen molar-refractivity contribution in [1.82, 2.24) is 5.32 Å². The molecule has 2 N–H and O–H groups in total. The minimum Gasteiger partial charge on any atom is -0.355 e. The monoisotopic (exact) mass is 378 g/mol. The van der Waals surface area contributed by atoms with Crippen molar-refractivity contribution in [1.29, 1.82) is 0 Å². The lowest BCUT2D eigenvalue weighted by Crippen LogP contribution is -2.35. The highest BCUT2D eigenvalue weighted by atomic mass is 32.2. The minimum atomic E-state index is -0.363. The van der Waals surface area contributed by atoms with Crippen LogP contribution in [0.2, 0.25) is 0 Å². The van der Waals surface area contributed by atoms with E-state index in [1.165, 1.54) is 17.3 Å². The predicted molar refractivity (Wildman–Crippen MR) is 103 cm³/mol. The van der Waals surface area contributed by atoms with Crippen molar-refractivity contribution in [3.05, 3.63) is 46.7 Å². The molecule has 24 heavy (non-hydrogen) atoms. The van der Waals surface area contributed by atoms with E-state index in [1.807, 2.05) is 24.3 Å². The maximum Gasteiger partial charge on any atom is 0.238 e. The van der Waals surface area contributed by atoms with Gasteiger partial charge in [0, 0.05) is 29.4 Å². The van der Waals surface area contributed by atoms with Crippen molar-refractivity contribution in [2.45, 2.75) is 22.3 Å². The molecule has 1 atom stereocenters. The summed E-state index contributed by atoms with van der Waals surface area (Å²) in [5.41, 5.74) is 2.15. The van der Waals surface area contributed by atoms with E-state index in [2.05, 4.69) is 27.5 Å². The molecule has 1 unspecified atom stereocenters. The van der Waals surface area contributed by atoms with Gasteiger partial charge < -0.3 is 10.6 Å². The lowest BCUT2D eigenvalue weighted by molar-refractivity contribution is -0.123. The number of carbonyl (C=O) groups is 2. The minimum absolute atomic E-state index is 0.0711. The largest absolute Gasteiger partial charge is 0.355 e. The van der Waals surface area contributed by atoms with E-state index in [1.54, 1.807) is 23.1 Å². The fourth-order valence-corrected chi connectivity index (χ4v) is 4.99. The number of amides is 2. The molecule has 0 spiro atoms. The molecule has 0 radical (unpaired) electrons. The molecule has 1 aromatic heterocycles. The summed E-state index contributed by atoms with van der Waals surface area (Å²) in [5, 5.41) is 9.62. The van der Waals surface area contributed by atoms with E-state index in [4.69, 9.17) is 0 Å². The summed E-state index contributed by atoms with van der Waals surface area (Å²) in [5.74, 6) is 1.67. The van der Waals surface area contributed by atoms with Gasteiger partial charge in [0.25, 0.3) is 0 Å². The van der Waals surface area contributed by atoms with Gasteiger partial charge in [-0.15, -0.1) is 11.8 Å². The summed E-state index contributed by atoms with van der Waals surface area (Å²) in [6.45, 7) is 0.628. The maximum absolute atomic E-state index is 12.1. The summed E-state index contributed by atoms with van der Waals surface area (Å²) in [7, 11) is 0. The quantitative estimate of drug-likeness (QED) is 0.723. The second-order valence-corrected chi connectivity index (χ2v) is 8.46.